The summed E-state index contributed by atoms with van der Waals surface area (Å²) in [5.41, 5.74) is -0.279. The van der Waals surface area contributed by atoms with Gasteiger partial charge in [-0.25, -0.2) is 9.78 Å². The minimum Gasteiger partial charge on any atom is -0.480 e. The molecular weight excluding hydrogens is 286 g/mol. The van der Waals surface area contributed by atoms with Crippen molar-refractivity contribution in [2.75, 3.05) is 0 Å². The van der Waals surface area contributed by atoms with E-state index in [1.54, 1.807) is 18.2 Å². The largest absolute Gasteiger partial charge is 0.480 e. The number of carbonyl (C=O) groups is 2. The normalized spacial score (nSPS) is 12.0. The Bertz CT molecular complexity index is 754. The number of carboxylic acids is 1. The van der Waals surface area contributed by atoms with Crippen LogP contribution in [0.2, 0.25) is 0 Å². The van der Waals surface area contributed by atoms with Crippen LogP contribution >= 0.6 is 0 Å². The number of carboxylic acid groups (broad SMARTS) is 1. The standard InChI is InChI=1S/C15H17N3O4/c1-2-3-6-11(15(21)22)17-13(19)10-9-16-12-7-4-5-8-18(12)14(10)20/h4-5,7-9,11H,2-3,6H2,1H3,(H,17,19)(H,21,22). The van der Waals surface area contributed by atoms with Crippen LogP contribution in [-0.4, -0.2) is 32.4 Å². The lowest BCUT2D eigenvalue weighted by atomic mass is 10.1. The van der Waals surface area contributed by atoms with Gasteiger partial charge in [-0.2, -0.15) is 0 Å². The van der Waals surface area contributed by atoms with Crippen LogP contribution in [0, 0.1) is 0 Å². The highest BCUT2D eigenvalue weighted by Crippen LogP contribution is 2.03. The summed E-state index contributed by atoms with van der Waals surface area (Å²) in [4.78, 5) is 39.6. The van der Waals surface area contributed by atoms with E-state index in [2.05, 4.69) is 10.3 Å². The Hall–Kier alpha value is -2.70. The van der Waals surface area contributed by atoms with Crippen LogP contribution in [0.4, 0.5) is 0 Å². The van der Waals surface area contributed by atoms with E-state index in [0.717, 1.165) is 6.42 Å². The number of carbonyl (C=O) groups excluding carboxylic acids is 1. The van der Waals surface area contributed by atoms with Gasteiger partial charge in [-0.15, -0.1) is 0 Å². The van der Waals surface area contributed by atoms with Gasteiger partial charge in [0.2, 0.25) is 0 Å². The van der Waals surface area contributed by atoms with Gasteiger partial charge in [0.1, 0.15) is 17.3 Å². The van der Waals surface area contributed by atoms with E-state index in [-0.39, 0.29) is 5.56 Å². The van der Waals surface area contributed by atoms with E-state index in [9.17, 15) is 14.4 Å². The maximum Gasteiger partial charge on any atom is 0.326 e. The van der Waals surface area contributed by atoms with Crippen molar-refractivity contribution in [2.24, 2.45) is 0 Å². The number of nitrogens with one attached hydrogen (secondary N) is 1. The van der Waals surface area contributed by atoms with Crippen LogP contribution < -0.4 is 10.9 Å². The molecule has 0 saturated heterocycles. The summed E-state index contributed by atoms with van der Waals surface area (Å²) < 4.78 is 1.25. The van der Waals surface area contributed by atoms with E-state index in [1.807, 2.05) is 6.92 Å². The van der Waals surface area contributed by atoms with Crippen molar-refractivity contribution >= 4 is 17.5 Å². The van der Waals surface area contributed by atoms with E-state index < -0.39 is 23.5 Å². The Morgan fingerprint density at radius 3 is 2.86 bits per heavy atom. The lowest BCUT2D eigenvalue weighted by Gasteiger charge is -2.13. The Balaban J connectivity index is 2.27. The van der Waals surface area contributed by atoms with Gasteiger partial charge in [0.05, 0.1) is 0 Å². The van der Waals surface area contributed by atoms with Gasteiger partial charge in [0.15, 0.2) is 0 Å². The second-order valence-corrected chi connectivity index (χ2v) is 4.91. The number of amides is 1. The van der Waals surface area contributed by atoms with Crippen LogP contribution in [-0.2, 0) is 4.79 Å². The molecule has 22 heavy (non-hydrogen) atoms. The average Bonchev–Trinajstić information content (AvgIpc) is 2.51. The lowest BCUT2D eigenvalue weighted by Crippen LogP contribution is -2.42. The second kappa shape index (κ2) is 6.84. The van der Waals surface area contributed by atoms with Crippen LogP contribution in [0.25, 0.3) is 5.65 Å². The molecule has 0 bridgehead atoms. The lowest BCUT2D eigenvalue weighted by molar-refractivity contribution is -0.139. The molecule has 1 unspecified atom stereocenters. The van der Waals surface area contributed by atoms with Crippen LogP contribution in [0.1, 0.15) is 36.5 Å². The van der Waals surface area contributed by atoms with Gasteiger partial charge in [0.25, 0.3) is 11.5 Å². The molecule has 0 aliphatic rings. The zero-order valence-electron chi connectivity index (χ0n) is 12.2. The summed E-state index contributed by atoms with van der Waals surface area (Å²) in [5.74, 6) is -1.84. The van der Waals surface area contributed by atoms with Crippen LogP contribution in [0.15, 0.2) is 35.4 Å². The first-order valence-corrected chi connectivity index (χ1v) is 7.04. The molecule has 0 fully saturated rings. The van der Waals surface area contributed by atoms with Crippen molar-refractivity contribution in [3.8, 4) is 0 Å². The van der Waals surface area contributed by atoms with Gasteiger partial charge >= 0.3 is 5.97 Å². The van der Waals surface area contributed by atoms with E-state index in [0.29, 0.717) is 18.5 Å². The van der Waals surface area contributed by atoms with E-state index >= 15 is 0 Å². The predicted octanol–water partition coefficient (Wildman–Crippen LogP) is 1.07. The first kappa shape index (κ1) is 15.7. The Morgan fingerprint density at radius 2 is 2.18 bits per heavy atom. The molecular formula is C15H17N3O4. The molecule has 0 aliphatic carbocycles. The molecule has 2 rings (SSSR count). The minimum absolute atomic E-state index is 0.175. The number of aliphatic carboxylic acids is 1. The fourth-order valence-corrected chi connectivity index (χ4v) is 2.08. The van der Waals surface area contributed by atoms with Crippen molar-refractivity contribution in [3.05, 3.63) is 46.5 Å². The molecule has 116 valence electrons. The maximum atomic E-state index is 12.2. The zero-order chi connectivity index (χ0) is 16.1. The van der Waals surface area contributed by atoms with Gasteiger partial charge in [-0.1, -0.05) is 25.8 Å². The fraction of sp³-hybridized carbons (Fsp3) is 0.333. The van der Waals surface area contributed by atoms with Gasteiger partial charge in [-0.05, 0) is 18.6 Å². The molecule has 2 heterocycles. The molecule has 7 nitrogen and oxygen atoms in total. The van der Waals surface area contributed by atoms with Crippen molar-refractivity contribution in [3.63, 3.8) is 0 Å². The van der Waals surface area contributed by atoms with Crippen molar-refractivity contribution in [1.29, 1.82) is 0 Å². The molecule has 2 aromatic heterocycles. The predicted molar refractivity (Wildman–Crippen MR) is 79.9 cm³/mol. The number of aromatic nitrogens is 2. The van der Waals surface area contributed by atoms with Gasteiger partial charge < -0.3 is 10.4 Å². The first-order valence-electron chi connectivity index (χ1n) is 7.04. The van der Waals surface area contributed by atoms with Crippen molar-refractivity contribution in [1.82, 2.24) is 14.7 Å². The summed E-state index contributed by atoms with van der Waals surface area (Å²) >= 11 is 0. The molecule has 0 radical (unpaired) electrons. The summed E-state index contributed by atoms with van der Waals surface area (Å²) in [7, 11) is 0. The monoisotopic (exact) mass is 303 g/mol. The molecule has 2 aromatic rings. The Labute approximate surface area is 126 Å². The summed E-state index contributed by atoms with van der Waals surface area (Å²) in [5, 5.41) is 11.5. The third-order valence-electron chi connectivity index (χ3n) is 3.31. The molecule has 0 aliphatic heterocycles. The highest BCUT2D eigenvalue weighted by molar-refractivity contribution is 5.96. The first-order chi connectivity index (χ1) is 10.5. The SMILES string of the molecule is CCCCC(NC(=O)c1cnc2ccccn2c1=O)C(=O)O. The Kier molecular flexibility index (Phi) is 4.88. The van der Waals surface area contributed by atoms with E-state index in [4.69, 9.17) is 5.11 Å². The molecule has 1 atom stereocenters. The number of nitrogens with zero attached hydrogens (tertiary/aromatic N) is 2. The number of hydrogen-bond acceptors (Lipinski definition) is 4. The minimum atomic E-state index is -1.12. The summed E-state index contributed by atoms with van der Waals surface area (Å²) in [6.07, 6.45) is 4.49. The second-order valence-electron chi connectivity index (χ2n) is 4.91. The fourth-order valence-electron chi connectivity index (χ4n) is 2.08. The third kappa shape index (κ3) is 3.30. The zero-order valence-corrected chi connectivity index (χ0v) is 12.2. The third-order valence-corrected chi connectivity index (χ3v) is 3.31. The van der Waals surface area contributed by atoms with Crippen LogP contribution in [0.3, 0.4) is 0 Å². The smallest absolute Gasteiger partial charge is 0.326 e. The molecule has 1 amide bonds. The molecule has 0 aromatic carbocycles. The van der Waals surface area contributed by atoms with E-state index in [1.165, 1.54) is 16.8 Å². The number of pyridine rings is 1. The summed E-state index contributed by atoms with van der Waals surface area (Å²) in [6, 6.07) is 4.01. The highest BCUT2D eigenvalue weighted by Gasteiger charge is 2.22. The number of unbranched alkanes of at least 4 members (excludes halogenated alkanes) is 1. The average molecular weight is 303 g/mol. The number of hydrogen-bond donors (Lipinski definition) is 2. The quantitative estimate of drug-likeness (QED) is 0.831. The Morgan fingerprint density at radius 1 is 1.41 bits per heavy atom. The molecule has 0 saturated carbocycles. The summed E-state index contributed by atoms with van der Waals surface area (Å²) in [6.45, 7) is 1.93. The van der Waals surface area contributed by atoms with Gasteiger partial charge in [-0.3, -0.25) is 14.0 Å². The topological polar surface area (TPSA) is 101 Å². The number of fused-ring (bicyclic) bond motifs is 1. The molecule has 0 spiro atoms. The van der Waals surface area contributed by atoms with Gasteiger partial charge in [0, 0.05) is 12.4 Å². The highest BCUT2D eigenvalue weighted by atomic mass is 16.4. The maximum absolute atomic E-state index is 12.2. The molecule has 7 heteroatoms. The van der Waals surface area contributed by atoms with Crippen LogP contribution in [0.5, 0.6) is 0 Å². The number of rotatable bonds is 6. The van der Waals surface area contributed by atoms with Crippen molar-refractivity contribution in [2.45, 2.75) is 32.2 Å². The molecule has 2 N–H and O–H groups in total. The van der Waals surface area contributed by atoms with Crippen molar-refractivity contribution < 1.29 is 14.7 Å².